The van der Waals surface area contributed by atoms with Crippen LogP contribution in [-0.4, -0.2) is 26.1 Å². The van der Waals surface area contributed by atoms with Crippen LogP contribution in [0.5, 0.6) is 0 Å². The fourth-order valence-corrected chi connectivity index (χ4v) is 3.28. The van der Waals surface area contributed by atoms with Gasteiger partial charge in [-0.05, 0) is 43.2 Å². The molecule has 3 aromatic rings. The van der Waals surface area contributed by atoms with E-state index in [0.29, 0.717) is 5.56 Å². The highest BCUT2D eigenvalue weighted by molar-refractivity contribution is 5.95. The van der Waals surface area contributed by atoms with Crippen molar-refractivity contribution < 1.29 is 4.79 Å². The Labute approximate surface area is 140 Å². The summed E-state index contributed by atoms with van der Waals surface area (Å²) in [6.45, 7) is 2.84. The molecule has 5 heteroatoms. The van der Waals surface area contributed by atoms with Gasteiger partial charge in [-0.1, -0.05) is 6.07 Å². The highest BCUT2D eigenvalue weighted by atomic mass is 16.1. The van der Waals surface area contributed by atoms with Crippen molar-refractivity contribution in [2.24, 2.45) is 0 Å². The summed E-state index contributed by atoms with van der Waals surface area (Å²) in [7, 11) is 0. The molecule has 3 heterocycles. The number of aryl methyl sites for hydroxylation is 2. The summed E-state index contributed by atoms with van der Waals surface area (Å²) in [4.78, 5) is 17.0. The van der Waals surface area contributed by atoms with Gasteiger partial charge in [-0.2, -0.15) is 0 Å². The summed E-state index contributed by atoms with van der Waals surface area (Å²) in [5.41, 5.74) is 2.87. The van der Waals surface area contributed by atoms with E-state index >= 15 is 0 Å². The molecule has 1 aromatic carbocycles. The maximum atomic E-state index is 12.7. The number of hydrogen-bond donors (Lipinski definition) is 1. The predicted molar refractivity (Wildman–Crippen MR) is 92.3 cm³/mol. The van der Waals surface area contributed by atoms with E-state index in [4.69, 9.17) is 0 Å². The summed E-state index contributed by atoms with van der Waals surface area (Å²) < 4.78 is 4.15. The number of nitrogens with zero attached hydrogens (tertiary/aromatic N) is 3. The van der Waals surface area contributed by atoms with Gasteiger partial charge >= 0.3 is 0 Å². The van der Waals surface area contributed by atoms with Gasteiger partial charge in [0.15, 0.2) is 0 Å². The molecular weight excluding hydrogens is 300 g/mol. The first kappa shape index (κ1) is 14.8. The molecule has 0 unspecified atom stereocenters. The van der Waals surface area contributed by atoms with E-state index in [9.17, 15) is 4.79 Å². The van der Waals surface area contributed by atoms with Gasteiger partial charge in [0.05, 0.1) is 0 Å². The Hall–Kier alpha value is -2.82. The van der Waals surface area contributed by atoms with Crippen LogP contribution in [-0.2, 0) is 13.0 Å². The van der Waals surface area contributed by atoms with Crippen LogP contribution < -0.4 is 5.32 Å². The van der Waals surface area contributed by atoms with Gasteiger partial charge in [-0.25, -0.2) is 4.98 Å². The normalized spacial score (nSPS) is 16.6. The van der Waals surface area contributed by atoms with E-state index in [0.717, 1.165) is 36.5 Å². The number of aromatic nitrogens is 3. The number of hydrogen-bond acceptors (Lipinski definition) is 2. The maximum Gasteiger partial charge on any atom is 0.251 e. The SMILES string of the molecule is Cc1ccc(C(=O)N[C@H]2CCc3nccn3C2)cc1-n1cccc1. The van der Waals surface area contributed by atoms with Gasteiger partial charge in [0.1, 0.15) is 5.82 Å². The van der Waals surface area contributed by atoms with Crippen molar-refractivity contribution >= 4 is 5.91 Å². The first-order valence-corrected chi connectivity index (χ1v) is 8.25. The standard InChI is InChI=1S/C19H20N4O/c1-14-4-5-15(12-17(14)22-9-2-3-10-22)19(24)21-16-6-7-18-20-8-11-23(18)13-16/h2-5,8-12,16H,6-7,13H2,1H3,(H,21,24)/t16-/m0/s1. The van der Waals surface area contributed by atoms with Gasteiger partial charge < -0.3 is 14.5 Å². The minimum atomic E-state index is -0.0167. The van der Waals surface area contributed by atoms with Crippen molar-refractivity contribution in [3.8, 4) is 5.69 Å². The molecule has 1 aliphatic heterocycles. The Balaban J connectivity index is 1.52. The molecule has 122 valence electrons. The second-order valence-electron chi connectivity index (χ2n) is 6.30. The molecule has 1 N–H and O–H groups in total. The molecule has 0 saturated carbocycles. The highest BCUT2D eigenvalue weighted by Gasteiger charge is 2.21. The molecule has 0 aliphatic carbocycles. The Morgan fingerprint density at radius 1 is 1.25 bits per heavy atom. The van der Waals surface area contributed by atoms with Gasteiger partial charge in [0.2, 0.25) is 0 Å². The first-order chi connectivity index (χ1) is 11.7. The van der Waals surface area contributed by atoms with E-state index in [1.54, 1.807) is 0 Å². The summed E-state index contributed by atoms with van der Waals surface area (Å²) in [6, 6.07) is 9.96. The van der Waals surface area contributed by atoms with E-state index in [1.165, 1.54) is 0 Å². The first-order valence-electron chi connectivity index (χ1n) is 8.25. The lowest BCUT2D eigenvalue weighted by Gasteiger charge is -2.25. The highest BCUT2D eigenvalue weighted by Crippen LogP contribution is 2.18. The molecule has 0 spiro atoms. The van der Waals surface area contributed by atoms with Crippen molar-refractivity contribution in [3.63, 3.8) is 0 Å². The van der Waals surface area contributed by atoms with Crippen LogP contribution in [0.15, 0.2) is 55.1 Å². The molecule has 24 heavy (non-hydrogen) atoms. The number of carbonyl (C=O) groups is 1. The lowest BCUT2D eigenvalue weighted by atomic mass is 10.1. The maximum absolute atomic E-state index is 12.7. The number of benzene rings is 1. The van der Waals surface area contributed by atoms with Crippen molar-refractivity contribution in [1.29, 1.82) is 0 Å². The number of amides is 1. The molecule has 0 saturated heterocycles. The number of imidazole rings is 1. The lowest BCUT2D eigenvalue weighted by Crippen LogP contribution is -2.40. The molecule has 0 bridgehead atoms. The molecule has 5 nitrogen and oxygen atoms in total. The van der Waals surface area contributed by atoms with Crippen molar-refractivity contribution in [2.45, 2.75) is 32.4 Å². The third-order valence-corrected chi connectivity index (χ3v) is 4.62. The minimum Gasteiger partial charge on any atom is -0.347 e. The van der Waals surface area contributed by atoms with Crippen LogP contribution >= 0.6 is 0 Å². The van der Waals surface area contributed by atoms with Gasteiger partial charge in [-0.3, -0.25) is 4.79 Å². The van der Waals surface area contributed by atoms with Crippen LogP contribution in [0, 0.1) is 6.92 Å². The molecular formula is C19H20N4O. The predicted octanol–water partition coefficient (Wildman–Crippen LogP) is 2.73. The van der Waals surface area contributed by atoms with Crippen LogP contribution in [0.3, 0.4) is 0 Å². The van der Waals surface area contributed by atoms with E-state index in [1.807, 2.05) is 59.7 Å². The number of rotatable bonds is 3. The Morgan fingerprint density at radius 2 is 2.08 bits per heavy atom. The lowest BCUT2D eigenvalue weighted by molar-refractivity contribution is 0.0927. The molecule has 4 rings (SSSR count). The van der Waals surface area contributed by atoms with E-state index in [-0.39, 0.29) is 11.9 Å². The zero-order valence-electron chi connectivity index (χ0n) is 13.6. The van der Waals surface area contributed by atoms with E-state index < -0.39 is 0 Å². The third-order valence-electron chi connectivity index (χ3n) is 4.62. The number of nitrogens with one attached hydrogen (secondary N) is 1. The molecule has 0 radical (unpaired) electrons. The third kappa shape index (κ3) is 2.73. The van der Waals surface area contributed by atoms with E-state index in [2.05, 4.69) is 21.8 Å². The van der Waals surface area contributed by atoms with Crippen LogP contribution in [0.4, 0.5) is 0 Å². The summed E-state index contributed by atoms with van der Waals surface area (Å²) in [5.74, 6) is 1.09. The molecule has 2 aromatic heterocycles. The number of fused-ring (bicyclic) bond motifs is 1. The van der Waals surface area contributed by atoms with Crippen molar-refractivity contribution in [3.05, 3.63) is 72.1 Å². The van der Waals surface area contributed by atoms with Gasteiger partial charge in [0.25, 0.3) is 5.91 Å². The average molecular weight is 320 g/mol. The summed E-state index contributed by atoms with van der Waals surface area (Å²) in [5, 5.41) is 3.16. The average Bonchev–Trinajstić information content (AvgIpc) is 3.26. The van der Waals surface area contributed by atoms with Crippen LogP contribution in [0.1, 0.15) is 28.2 Å². The topological polar surface area (TPSA) is 51.9 Å². The molecule has 1 aliphatic rings. The summed E-state index contributed by atoms with van der Waals surface area (Å²) in [6.07, 6.45) is 9.61. The van der Waals surface area contributed by atoms with Crippen molar-refractivity contribution in [2.75, 3.05) is 0 Å². The smallest absolute Gasteiger partial charge is 0.251 e. The second kappa shape index (κ2) is 6.00. The Kier molecular flexibility index (Phi) is 3.69. The molecule has 0 fully saturated rings. The number of carbonyl (C=O) groups excluding carboxylic acids is 1. The molecule has 1 atom stereocenters. The largest absolute Gasteiger partial charge is 0.347 e. The zero-order valence-corrected chi connectivity index (χ0v) is 13.6. The van der Waals surface area contributed by atoms with Crippen LogP contribution in [0.2, 0.25) is 0 Å². The fraction of sp³-hybridized carbons (Fsp3) is 0.263. The quantitative estimate of drug-likeness (QED) is 0.807. The monoisotopic (exact) mass is 320 g/mol. The Bertz CT molecular complexity index is 863. The van der Waals surface area contributed by atoms with Gasteiger partial charge in [0, 0.05) is 55.0 Å². The minimum absolute atomic E-state index is 0.0167. The van der Waals surface area contributed by atoms with Gasteiger partial charge in [-0.15, -0.1) is 0 Å². The van der Waals surface area contributed by atoms with Crippen LogP contribution in [0.25, 0.3) is 5.69 Å². The summed E-state index contributed by atoms with van der Waals surface area (Å²) >= 11 is 0. The molecule has 1 amide bonds. The fourth-order valence-electron chi connectivity index (χ4n) is 3.28. The zero-order chi connectivity index (χ0) is 16.5. The second-order valence-corrected chi connectivity index (χ2v) is 6.30. The van der Waals surface area contributed by atoms with Crippen molar-refractivity contribution in [1.82, 2.24) is 19.4 Å². The Morgan fingerprint density at radius 3 is 2.92 bits per heavy atom.